The molecule has 4 aromatic rings. The van der Waals surface area contributed by atoms with Gasteiger partial charge in [-0.1, -0.05) is 12.1 Å². The van der Waals surface area contributed by atoms with E-state index in [1.807, 2.05) is 43.4 Å². The van der Waals surface area contributed by atoms with E-state index in [2.05, 4.69) is 11.1 Å². The van der Waals surface area contributed by atoms with E-state index in [9.17, 15) is 13.6 Å². The Kier molecular flexibility index (Phi) is 6.32. The topological polar surface area (TPSA) is 39.3 Å². The Bertz CT molecular complexity index is 1230. The molecule has 0 bridgehead atoms. The highest BCUT2D eigenvalue weighted by molar-refractivity contribution is 5.94. The zero-order valence-corrected chi connectivity index (χ0v) is 18.1. The Morgan fingerprint density at radius 2 is 1.59 bits per heavy atom. The van der Waals surface area contributed by atoms with Crippen LogP contribution in [-0.2, 0) is 6.54 Å². The molecule has 3 aromatic carbocycles. The average Bonchev–Trinajstić information content (AvgIpc) is 3.25. The van der Waals surface area contributed by atoms with Crippen LogP contribution in [0, 0.1) is 11.6 Å². The number of hydrogen-bond donors (Lipinski definition) is 1. The van der Waals surface area contributed by atoms with Crippen LogP contribution < -0.4 is 0 Å². The van der Waals surface area contributed by atoms with Gasteiger partial charge in [0.15, 0.2) is 0 Å². The first-order chi connectivity index (χ1) is 15.4. The number of amides is 1. The largest absolute Gasteiger partial charge is 0.361 e. The fraction of sp³-hybridized carbons (Fsp3) is 0.192. The van der Waals surface area contributed by atoms with Crippen molar-refractivity contribution < 1.29 is 13.6 Å². The number of carbonyl (C=O) groups excluding carboxylic acids is 1. The number of aromatic amines is 1. The minimum atomic E-state index is -0.403. The lowest BCUT2D eigenvalue weighted by atomic mass is 10.0. The summed E-state index contributed by atoms with van der Waals surface area (Å²) in [5.41, 5.74) is 3.70. The van der Waals surface area contributed by atoms with Gasteiger partial charge in [0.1, 0.15) is 11.6 Å². The van der Waals surface area contributed by atoms with Crippen LogP contribution in [0.5, 0.6) is 0 Å². The number of nitrogens with one attached hydrogen (secondary N) is 1. The molecule has 4 nitrogen and oxygen atoms in total. The number of benzene rings is 3. The van der Waals surface area contributed by atoms with Crippen molar-refractivity contribution in [1.82, 2.24) is 14.8 Å². The van der Waals surface area contributed by atoms with Crippen molar-refractivity contribution in [2.24, 2.45) is 0 Å². The molecule has 0 aliphatic rings. The van der Waals surface area contributed by atoms with Gasteiger partial charge in [-0.2, -0.15) is 0 Å². The fourth-order valence-electron chi connectivity index (χ4n) is 3.66. The van der Waals surface area contributed by atoms with Gasteiger partial charge in [-0.25, -0.2) is 8.78 Å². The number of nitrogens with zero attached hydrogens (tertiary/aromatic N) is 2. The summed E-state index contributed by atoms with van der Waals surface area (Å²) in [5.74, 6) is -1.02. The van der Waals surface area contributed by atoms with E-state index in [0.29, 0.717) is 24.2 Å². The molecule has 32 heavy (non-hydrogen) atoms. The van der Waals surface area contributed by atoms with E-state index in [0.717, 1.165) is 22.0 Å². The number of carbonyl (C=O) groups is 1. The molecule has 0 atom stereocenters. The second kappa shape index (κ2) is 9.32. The van der Waals surface area contributed by atoms with Gasteiger partial charge in [-0.3, -0.25) is 4.79 Å². The van der Waals surface area contributed by atoms with Gasteiger partial charge in [0.2, 0.25) is 0 Å². The molecule has 0 saturated heterocycles. The Morgan fingerprint density at radius 3 is 2.34 bits per heavy atom. The first-order valence-corrected chi connectivity index (χ1v) is 10.5. The maximum absolute atomic E-state index is 14.8. The monoisotopic (exact) mass is 433 g/mol. The first kappa shape index (κ1) is 21.7. The van der Waals surface area contributed by atoms with Gasteiger partial charge in [0, 0.05) is 42.5 Å². The van der Waals surface area contributed by atoms with Crippen LogP contribution in [-0.4, -0.2) is 47.9 Å². The van der Waals surface area contributed by atoms with Crippen LogP contribution in [0.1, 0.15) is 15.9 Å². The summed E-state index contributed by atoms with van der Waals surface area (Å²) in [6.45, 7) is 1.16. The SMILES string of the molecule is CN(C)CCN(Cc1cc(-c2ccc3[nH]ccc3c2)ccc1F)C(=O)c1ccc(F)cc1. The lowest BCUT2D eigenvalue weighted by molar-refractivity contribution is 0.0730. The van der Waals surface area contributed by atoms with Crippen LogP contribution in [0.15, 0.2) is 72.9 Å². The third-order valence-electron chi connectivity index (χ3n) is 5.49. The summed E-state index contributed by atoms with van der Waals surface area (Å²) in [4.78, 5) is 19.8. The van der Waals surface area contributed by atoms with Crippen LogP contribution in [0.25, 0.3) is 22.0 Å². The third-order valence-corrected chi connectivity index (χ3v) is 5.49. The predicted molar refractivity (Wildman–Crippen MR) is 123 cm³/mol. The zero-order chi connectivity index (χ0) is 22.7. The van der Waals surface area contributed by atoms with Gasteiger partial charge in [0.25, 0.3) is 5.91 Å². The summed E-state index contributed by atoms with van der Waals surface area (Å²) in [7, 11) is 3.83. The number of fused-ring (bicyclic) bond motifs is 1. The molecular weight excluding hydrogens is 408 g/mol. The van der Waals surface area contributed by atoms with Crippen molar-refractivity contribution in [3.63, 3.8) is 0 Å². The Hall–Kier alpha value is -3.51. The standard InChI is InChI=1S/C26H25F2N3O/c1-30(2)13-14-31(26(32)18-3-7-23(27)8-4-18)17-22-16-19(5-9-24(22)28)20-6-10-25-21(15-20)11-12-29-25/h3-12,15-16,29H,13-14,17H2,1-2H3. The van der Waals surface area contributed by atoms with Crippen LogP contribution >= 0.6 is 0 Å². The second-order valence-electron chi connectivity index (χ2n) is 8.12. The summed E-state index contributed by atoms with van der Waals surface area (Å²) in [6, 6.07) is 18.5. The second-order valence-corrected chi connectivity index (χ2v) is 8.12. The molecule has 1 N–H and O–H groups in total. The number of halogens is 2. The molecule has 0 aliphatic carbocycles. The maximum Gasteiger partial charge on any atom is 0.254 e. The lowest BCUT2D eigenvalue weighted by Gasteiger charge is -2.25. The summed E-state index contributed by atoms with van der Waals surface area (Å²) < 4.78 is 28.1. The molecule has 0 saturated carbocycles. The van der Waals surface area contributed by atoms with Gasteiger partial charge < -0.3 is 14.8 Å². The molecule has 1 aromatic heterocycles. The Labute approximate surface area is 186 Å². The molecule has 0 unspecified atom stereocenters. The molecule has 0 fully saturated rings. The van der Waals surface area contributed by atoms with E-state index in [4.69, 9.17) is 0 Å². The van der Waals surface area contributed by atoms with Crippen LogP contribution in [0.4, 0.5) is 8.78 Å². The van der Waals surface area contributed by atoms with Gasteiger partial charge in [-0.15, -0.1) is 0 Å². The maximum atomic E-state index is 14.8. The molecule has 0 spiro atoms. The molecule has 0 aliphatic heterocycles. The molecule has 0 radical (unpaired) electrons. The van der Waals surface area contributed by atoms with Crippen molar-refractivity contribution in [3.05, 3.63) is 95.7 Å². The number of likely N-dealkylation sites (N-methyl/N-ethyl adjacent to an activating group) is 1. The minimum absolute atomic E-state index is 0.121. The molecule has 6 heteroatoms. The lowest BCUT2D eigenvalue weighted by Crippen LogP contribution is -2.36. The Morgan fingerprint density at radius 1 is 0.875 bits per heavy atom. The highest BCUT2D eigenvalue weighted by atomic mass is 19.1. The van der Waals surface area contributed by atoms with Gasteiger partial charge >= 0.3 is 0 Å². The number of hydrogen-bond acceptors (Lipinski definition) is 2. The highest BCUT2D eigenvalue weighted by Crippen LogP contribution is 2.26. The smallest absolute Gasteiger partial charge is 0.254 e. The van der Waals surface area contributed by atoms with E-state index >= 15 is 0 Å². The molecule has 4 rings (SSSR count). The van der Waals surface area contributed by atoms with Crippen molar-refractivity contribution in [3.8, 4) is 11.1 Å². The number of aromatic nitrogens is 1. The normalized spacial score (nSPS) is 11.3. The third kappa shape index (κ3) is 4.86. The van der Waals surface area contributed by atoms with E-state index in [-0.39, 0.29) is 18.3 Å². The summed E-state index contributed by atoms with van der Waals surface area (Å²) in [6.07, 6.45) is 1.88. The van der Waals surface area contributed by atoms with E-state index in [1.165, 1.54) is 30.3 Å². The molecule has 164 valence electrons. The minimum Gasteiger partial charge on any atom is -0.361 e. The molecule has 1 heterocycles. The van der Waals surface area contributed by atoms with Crippen molar-refractivity contribution in [2.45, 2.75) is 6.54 Å². The number of H-pyrrole nitrogens is 1. The van der Waals surface area contributed by atoms with Gasteiger partial charge in [0.05, 0.1) is 0 Å². The fourth-order valence-corrected chi connectivity index (χ4v) is 3.66. The van der Waals surface area contributed by atoms with Gasteiger partial charge in [-0.05, 0) is 85.2 Å². The van der Waals surface area contributed by atoms with Crippen molar-refractivity contribution in [1.29, 1.82) is 0 Å². The van der Waals surface area contributed by atoms with Crippen LogP contribution in [0.3, 0.4) is 0 Å². The average molecular weight is 434 g/mol. The molecular formula is C26H25F2N3O. The van der Waals surface area contributed by atoms with E-state index < -0.39 is 5.82 Å². The summed E-state index contributed by atoms with van der Waals surface area (Å²) in [5, 5.41) is 1.08. The van der Waals surface area contributed by atoms with Crippen molar-refractivity contribution in [2.75, 3.05) is 27.2 Å². The predicted octanol–water partition coefficient (Wildman–Crippen LogP) is 5.32. The number of rotatable bonds is 7. The zero-order valence-electron chi connectivity index (χ0n) is 18.1. The van der Waals surface area contributed by atoms with Crippen molar-refractivity contribution >= 4 is 16.8 Å². The highest BCUT2D eigenvalue weighted by Gasteiger charge is 2.19. The first-order valence-electron chi connectivity index (χ1n) is 10.5. The quantitative estimate of drug-likeness (QED) is 0.429. The van der Waals surface area contributed by atoms with Crippen LogP contribution in [0.2, 0.25) is 0 Å². The summed E-state index contributed by atoms with van der Waals surface area (Å²) >= 11 is 0. The Balaban J connectivity index is 1.63. The molecule has 1 amide bonds. The van der Waals surface area contributed by atoms with E-state index in [1.54, 1.807) is 17.0 Å².